The van der Waals surface area contributed by atoms with Crippen LogP contribution >= 0.6 is 0 Å². The zero-order valence-corrected chi connectivity index (χ0v) is 14.1. The molecule has 2 rings (SSSR count). The van der Waals surface area contributed by atoms with E-state index >= 15 is 0 Å². The van der Waals surface area contributed by atoms with E-state index in [2.05, 4.69) is 29.5 Å². The van der Waals surface area contributed by atoms with Crippen molar-refractivity contribution in [1.29, 1.82) is 0 Å². The number of nitrogens with zero attached hydrogens (tertiary/aromatic N) is 1. The first-order valence-electron chi connectivity index (χ1n) is 8.19. The first kappa shape index (κ1) is 16.6. The van der Waals surface area contributed by atoms with Crippen LogP contribution in [-0.4, -0.2) is 54.4 Å². The predicted molar refractivity (Wildman–Crippen MR) is 84.4 cm³/mol. The maximum atomic E-state index is 11.6. The number of carbonyl (C=O) groups excluding carboxylic acids is 1. The van der Waals surface area contributed by atoms with E-state index in [1.807, 2.05) is 20.8 Å². The van der Waals surface area contributed by atoms with Gasteiger partial charge >= 0.3 is 6.09 Å². The third kappa shape index (κ3) is 5.47. The molecule has 0 aromatic rings. The molecule has 2 aliphatic rings. The molecule has 5 nitrogen and oxygen atoms in total. The number of hydrogen-bond donors (Lipinski definition) is 2. The molecular weight excluding hydrogens is 266 g/mol. The van der Waals surface area contributed by atoms with Gasteiger partial charge in [-0.15, -0.1) is 0 Å². The van der Waals surface area contributed by atoms with Gasteiger partial charge in [-0.25, -0.2) is 4.79 Å². The van der Waals surface area contributed by atoms with Crippen LogP contribution in [0.15, 0.2) is 0 Å². The van der Waals surface area contributed by atoms with E-state index < -0.39 is 5.60 Å². The maximum absolute atomic E-state index is 11.6. The third-order valence-electron chi connectivity index (χ3n) is 4.38. The second kappa shape index (κ2) is 6.53. The van der Waals surface area contributed by atoms with Gasteiger partial charge in [-0.1, -0.05) is 0 Å². The fourth-order valence-corrected chi connectivity index (χ4v) is 2.70. The topological polar surface area (TPSA) is 53.6 Å². The summed E-state index contributed by atoms with van der Waals surface area (Å²) in [6.07, 6.45) is 4.41. The molecule has 2 N–H and O–H groups in total. The van der Waals surface area contributed by atoms with Crippen molar-refractivity contribution >= 4 is 6.09 Å². The summed E-state index contributed by atoms with van der Waals surface area (Å²) in [5.41, 5.74) is -0.422. The predicted octanol–water partition coefficient (Wildman–Crippen LogP) is 2.11. The molecule has 1 atom stereocenters. The fourth-order valence-electron chi connectivity index (χ4n) is 2.70. The summed E-state index contributed by atoms with van der Waals surface area (Å²) in [5.74, 6) is 0. The number of ether oxygens (including phenoxy) is 1. The Morgan fingerprint density at radius 1 is 1.29 bits per heavy atom. The van der Waals surface area contributed by atoms with Crippen molar-refractivity contribution in [2.75, 3.05) is 13.6 Å². The van der Waals surface area contributed by atoms with Gasteiger partial charge in [0.05, 0.1) is 0 Å². The Morgan fingerprint density at radius 2 is 1.90 bits per heavy atom. The monoisotopic (exact) mass is 297 g/mol. The molecule has 0 aromatic carbocycles. The number of nitrogens with one attached hydrogen (secondary N) is 2. The Kier molecular flexibility index (Phi) is 5.15. The summed E-state index contributed by atoms with van der Waals surface area (Å²) in [7, 11) is 2.22. The van der Waals surface area contributed by atoms with Gasteiger partial charge in [0.25, 0.3) is 0 Å². The largest absolute Gasteiger partial charge is 0.444 e. The summed E-state index contributed by atoms with van der Waals surface area (Å²) in [4.78, 5) is 14.1. The van der Waals surface area contributed by atoms with Gasteiger partial charge in [0.15, 0.2) is 0 Å². The Hall–Kier alpha value is -0.810. The number of likely N-dealkylation sites (N-methyl/N-ethyl adjacent to an activating group) is 1. The van der Waals surface area contributed by atoms with Gasteiger partial charge in [0, 0.05) is 30.7 Å². The van der Waals surface area contributed by atoms with Gasteiger partial charge in [-0.2, -0.15) is 0 Å². The normalized spacial score (nSPS) is 27.1. The van der Waals surface area contributed by atoms with Crippen LogP contribution in [-0.2, 0) is 4.74 Å². The van der Waals surface area contributed by atoms with Crippen molar-refractivity contribution in [3.8, 4) is 0 Å². The van der Waals surface area contributed by atoms with Gasteiger partial charge in [0.2, 0.25) is 0 Å². The van der Waals surface area contributed by atoms with Crippen LogP contribution in [0.3, 0.4) is 0 Å². The molecule has 0 bridgehead atoms. The van der Waals surface area contributed by atoms with E-state index in [0.717, 1.165) is 25.4 Å². The molecule has 2 fully saturated rings. The highest BCUT2D eigenvalue weighted by Gasteiger charge is 2.33. The molecular formula is C16H31N3O2. The number of amides is 1. The van der Waals surface area contributed by atoms with Crippen molar-refractivity contribution in [2.45, 2.75) is 83.1 Å². The highest BCUT2D eigenvalue weighted by molar-refractivity contribution is 5.68. The van der Waals surface area contributed by atoms with E-state index in [1.54, 1.807) is 0 Å². The zero-order chi connectivity index (χ0) is 15.6. The molecule has 1 unspecified atom stereocenters. The molecule has 21 heavy (non-hydrogen) atoms. The number of alkyl carbamates (subject to hydrolysis) is 1. The molecule has 0 spiro atoms. The lowest BCUT2D eigenvalue weighted by atomic mass is 9.86. The molecule has 5 heteroatoms. The standard InChI is InChI=1S/C16H31N3O2/c1-11(19(5)14-6-7-14)10-17-12-8-13(9-12)18-15(20)21-16(2,3)4/h11-14,17H,6-10H2,1-5H3,(H,18,20). The highest BCUT2D eigenvalue weighted by atomic mass is 16.6. The quantitative estimate of drug-likeness (QED) is 0.788. The first-order valence-corrected chi connectivity index (χ1v) is 8.19. The Morgan fingerprint density at radius 3 is 2.43 bits per heavy atom. The second-order valence-electron chi connectivity index (χ2n) is 7.67. The number of carbonyl (C=O) groups is 1. The number of hydrogen-bond acceptors (Lipinski definition) is 4. The van der Waals surface area contributed by atoms with E-state index in [-0.39, 0.29) is 12.1 Å². The Bertz CT molecular complexity index is 357. The van der Waals surface area contributed by atoms with E-state index in [9.17, 15) is 4.79 Å². The first-order chi connectivity index (χ1) is 9.74. The third-order valence-corrected chi connectivity index (χ3v) is 4.38. The van der Waals surface area contributed by atoms with Crippen LogP contribution in [0.25, 0.3) is 0 Å². The van der Waals surface area contributed by atoms with Crippen LogP contribution in [0.4, 0.5) is 4.79 Å². The Balaban J connectivity index is 1.55. The van der Waals surface area contributed by atoms with Crippen LogP contribution in [0, 0.1) is 0 Å². The summed E-state index contributed by atoms with van der Waals surface area (Å²) >= 11 is 0. The molecule has 2 saturated carbocycles. The van der Waals surface area contributed by atoms with E-state index in [0.29, 0.717) is 12.1 Å². The summed E-state index contributed by atoms with van der Waals surface area (Å²) in [6.45, 7) is 8.96. The lowest BCUT2D eigenvalue weighted by Gasteiger charge is -2.38. The molecule has 1 amide bonds. The zero-order valence-electron chi connectivity index (χ0n) is 14.1. The second-order valence-corrected chi connectivity index (χ2v) is 7.67. The fraction of sp³-hybridized carbons (Fsp3) is 0.938. The molecule has 0 heterocycles. The lowest BCUT2D eigenvalue weighted by molar-refractivity contribution is 0.0463. The van der Waals surface area contributed by atoms with Gasteiger partial charge < -0.3 is 15.4 Å². The van der Waals surface area contributed by atoms with Crippen molar-refractivity contribution < 1.29 is 9.53 Å². The maximum Gasteiger partial charge on any atom is 0.407 e. The van der Waals surface area contributed by atoms with Crippen molar-refractivity contribution in [3.63, 3.8) is 0 Å². The molecule has 122 valence electrons. The molecule has 2 aliphatic carbocycles. The van der Waals surface area contributed by atoms with Crippen molar-refractivity contribution in [3.05, 3.63) is 0 Å². The minimum Gasteiger partial charge on any atom is -0.444 e. The van der Waals surface area contributed by atoms with Crippen LogP contribution in [0.2, 0.25) is 0 Å². The van der Waals surface area contributed by atoms with Crippen LogP contribution < -0.4 is 10.6 Å². The molecule has 0 aliphatic heterocycles. The van der Waals surface area contributed by atoms with E-state index in [4.69, 9.17) is 4.74 Å². The number of rotatable bonds is 6. The van der Waals surface area contributed by atoms with Crippen LogP contribution in [0.1, 0.15) is 53.4 Å². The lowest BCUT2D eigenvalue weighted by Crippen LogP contribution is -2.55. The minimum atomic E-state index is -0.422. The smallest absolute Gasteiger partial charge is 0.407 e. The van der Waals surface area contributed by atoms with Gasteiger partial charge in [-0.3, -0.25) is 4.90 Å². The molecule has 0 saturated heterocycles. The van der Waals surface area contributed by atoms with Gasteiger partial charge in [-0.05, 0) is 60.4 Å². The van der Waals surface area contributed by atoms with E-state index in [1.165, 1.54) is 12.8 Å². The van der Waals surface area contributed by atoms with Crippen molar-refractivity contribution in [1.82, 2.24) is 15.5 Å². The SMILES string of the molecule is CC(CNC1CC(NC(=O)OC(C)(C)C)C1)N(C)C1CC1. The highest BCUT2D eigenvalue weighted by Crippen LogP contribution is 2.27. The van der Waals surface area contributed by atoms with Crippen molar-refractivity contribution in [2.24, 2.45) is 0 Å². The van der Waals surface area contributed by atoms with Gasteiger partial charge in [0.1, 0.15) is 5.60 Å². The molecule has 0 aromatic heterocycles. The average Bonchev–Trinajstić information content (AvgIpc) is 3.12. The summed E-state index contributed by atoms with van der Waals surface area (Å²) in [5, 5.41) is 6.53. The average molecular weight is 297 g/mol. The molecule has 0 radical (unpaired) electrons. The van der Waals surface area contributed by atoms with Crippen LogP contribution in [0.5, 0.6) is 0 Å². The Labute approximate surface area is 128 Å². The minimum absolute atomic E-state index is 0.258. The summed E-state index contributed by atoms with van der Waals surface area (Å²) in [6, 6.07) is 2.17. The summed E-state index contributed by atoms with van der Waals surface area (Å²) < 4.78 is 5.27.